The van der Waals surface area contributed by atoms with Gasteiger partial charge in [0.25, 0.3) is 0 Å². The first-order valence-corrected chi connectivity index (χ1v) is 8.45. The zero-order valence-electron chi connectivity index (χ0n) is 14.5. The molecule has 0 bridgehead atoms. The number of rotatable bonds is 5. The highest BCUT2D eigenvalue weighted by molar-refractivity contribution is 5.79. The maximum absolute atomic E-state index is 12.5. The molecule has 1 amide bonds. The van der Waals surface area contributed by atoms with E-state index in [0.717, 1.165) is 23.5 Å². The fourth-order valence-corrected chi connectivity index (χ4v) is 2.91. The Hall–Kier alpha value is -2.54. The van der Waals surface area contributed by atoms with Crippen molar-refractivity contribution in [2.24, 2.45) is 0 Å². The predicted molar refractivity (Wildman–Crippen MR) is 94.2 cm³/mol. The van der Waals surface area contributed by atoms with Crippen molar-refractivity contribution in [1.82, 2.24) is 20.3 Å². The first-order valence-electron chi connectivity index (χ1n) is 8.45. The summed E-state index contributed by atoms with van der Waals surface area (Å²) in [6, 6.07) is 5.58. The Morgan fingerprint density at radius 1 is 1.24 bits per heavy atom. The minimum atomic E-state index is -0.0259. The van der Waals surface area contributed by atoms with E-state index in [9.17, 15) is 4.79 Å². The fourth-order valence-electron chi connectivity index (χ4n) is 2.91. The molecule has 1 aliphatic rings. The third-order valence-corrected chi connectivity index (χ3v) is 4.28. The Morgan fingerprint density at radius 3 is 2.92 bits per heavy atom. The summed E-state index contributed by atoms with van der Waals surface area (Å²) in [6.07, 6.45) is 4.54. The summed E-state index contributed by atoms with van der Waals surface area (Å²) in [4.78, 5) is 25.1. The molecule has 0 aromatic carbocycles. The Balaban J connectivity index is 1.62. The molecule has 0 unspecified atom stereocenters. The lowest BCUT2D eigenvalue weighted by Crippen LogP contribution is -2.52. The van der Waals surface area contributed by atoms with Crippen molar-refractivity contribution < 1.29 is 9.53 Å². The number of anilines is 1. The molecule has 0 aliphatic carbocycles. The van der Waals surface area contributed by atoms with E-state index in [1.165, 1.54) is 0 Å². The van der Waals surface area contributed by atoms with Crippen molar-refractivity contribution in [3.8, 4) is 0 Å². The summed E-state index contributed by atoms with van der Waals surface area (Å²) in [5, 5.41) is 6.48. The molecule has 2 atom stereocenters. The van der Waals surface area contributed by atoms with Crippen LogP contribution in [0.5, 0.6) is 0 Å². The molecule has 7 nitrogen and oxygen atoms in total. The maximum atomic E-state index is 12.5. The second-order valence-corrected chi connectivity index (χ2v) is 6.20. The number of hydrogen-bond donors (Lipinski definition) is 2. The van der Waals surface area contributed by atoms with E-state index in [2.05, 4.69) is 25.6 Å². The summed E-state index contributed by atoms with van der Waals surface area (Å²) in [7, 11) is 0. The van der Waals surface area contributed by atoms with E-state index >= 15 is 0 Å². The topological polar surface area (TPSA) is 89.0 Å². The van der Waals surface area contributed by atoms with Crippen LogP contribution in [0.15, 0.2) is 30.6 Å². The Kier molecular flexibility index (Phi) is 5.55. The van der Waals surface area contributed by atoms with E-state index < -0.39 is 0 Å². The van der Waals surface area contributed by atoms with Crippen LogP contribution in [0.2, 0.25) is 0 Å². The Bertz CT molecular complexity index is 737. The van der Waals surface area contributed by atoms with Gasteiger partial charge in [0.15, 0.2) is 0 Å². The highest BCUT2D eigenvalue weighted by atomic mass is 16.5. The Labute approximate surface area is 147 Å². The molecule has 0 saturated carbocycles. The molecule has 132 valence electrons. The van der Waals surface area contributed by atoms with Crippen LogP contribution in [-0.2, 0) is 16.0 Å². The quantitative estimate of drug-likeness (QED) is 0.855. The second kappa shape index (κ2) is 8.02. The summed E-state index contributed by atoms with van der Waals surface area (Å²) in [5.74, 6) is 1.44. The van der Waals surface area contributed by atoms with Gasteiger partial charge in [0.05, 0.1) is 25.1 Å². The van der Waals surface area contributed by atoms with Gasteiger partial charge in [-0.3, -0.25) is 9.78 Å². The van der Waals surface area contributed by atoms with Gasteiger partial charge in [-0.2, -0.15) is 0 Å². The number of nitrogens with one attached hydrogen (secondary N) is 2. The van der Waals surface area contributed by atoms with Gasteiger partial charge >= 0.3 is 0 Å². The summed E-state index contributed by atoms with van der Waals surface area (Å²) in [6.45, 7) is 4.93. The fraction of sp³-hybridized carbons (Fsp3) is 0.444. The lowest BCUT2D eigenvalue weighted by atomic mass is 10.0. The molecule has 1 aliphatic heterocycles. The maximum Gasteiger partial charge on any atom is 0.224 e. The summed E-state index contributed by atoms with van der Waals surface area (Å²) < 4.78 is 5.57. The monoisotopic (exact) mass is 341 g/mol. The number of nitrogens with zero attached hydrogens (tertiary/aromatic N) is 3. The average Bonchev–Trinajstić information content (AvgIpc) is 2.59. The van der Waals surface area contributed by atoms with Crippen molar-refractivity contribution in [2.45, 2.75) is 38.8 Å². The van der Waals surface area contributed by atoms with Gasteiger partial charge in [-0.05, 0) is 38.0 Å². The first-order chi connectivity index (χ1) is 12.1. The third kappa shape index (κ3) is 4.73. The Morgan fingerprint density at radius 2 is 2.12 bits per heavy atom. The van der Waals surface area contributed by atoms with E-state index in [-0.39, 0.29) is 18.0 Å². The van der Waals surface area contributed by atoms with Gasteiger partial charge in [-0.15, -0.1) is 0 Å². The van der Waals surface area contributed by atoms with Crippen molar-refractivity contribution in [3.05, 3.63) is 47.7 Å². The van der Waals surface area contributed by atoms with Gasteiger partial charge in [-0.1, -0.05) is 6.07 Å². The molecule has 2 aromatic heterocycles. The number of pyridine rings is 1. The number of aromatic nitrogens is 3. The first kappa shape index (κ1) is 17.3. The summed E-state index contributed by atoms with van der Waals surface area (Å²) >= 11 is 0. The number of aryl methyl sites for hydroxylation is 2. The van der Waals surface area contributed by atoms with Gasteiger partial charge in [0, 0.05) is 24.7 Å². The van der Waals surface area contributed by atoms with Gasteiger partial charge < -0.3 is 15.4 Å². The molecule has 3 heterocycles. The van der Waals surface area contributed by atoms with E-state index in [4.69, 9.17) is 4.74 Å². The zero-order chi connectivity index (χ0) is 17.6. The number of amides is 1. The lowest BCUT2D eigenvalue weighted by molar-refractivity contribution is -0.121. The molecule has 3 rings (SSSR count). The van der Waals surface area contributed by atoms with Crippen molar-refractivity contribution in [2.75, 3.05) is 18.5 Å². The zero-order valence-corrected chi connectivity index (χ0v) is 14.5. The van der Waals surface area contributed by atoms with E-state index in [1.807, 2.05) is 32.0 Å². The van der Waals surface area contributed by atoms with Crippen LogP contribution < -0.4 is 10.6 Å². The molecule has 1 saturated heterocycles. The van der Waals surface area contributed by atoms with Crippen LogP contribution in [0.25, 0.3) is 0 Å². The second-order valence-electron chi connectivity index (χ2n) is 6.20. The van der Waals surface area contributed by atoms with Crippen molar-refractivity contribution in [1.29, 1.82) is 0 Å². The number of hydrogen-bond acceptors (Lipinski definition) is 6. The smallest absolute Gasteiger partial charge is 0.224 e. The minimum Gasteiger partial charge on any atom is -0.379 e. The highest BCUT2D eigenvalue weighted by Gasteiger charge is 2.27. The van der Waals surface area contributed by atoms with Crippen molar-refractivity contribution >= 4 is 11.7 Å². The van der Waals surface area contributed by atoms with Crippen LogP contribution in [0, 0.1) is 13.8 Å². The SMILES string of the molecule is Cc1nccc(N[C@@H]2COCC[C@@H]2NC(=O)Cc2cccnc2C)n1. The third-order valence-electron chi connectivity index (χ3n) is 4.28. The normalized spacial score (nSPS) is 20.1. The van der Waals surface area contributed by atoms with Crippen LogP contribution in [-0.4, -0.2) is 46.2 Å². The molecule has 25 heavy (non-hydrogen) atoms. The number of carbonyl (C=O) groups excluding carboxylic acids is 1. The average molecular weight is 341 g/mol. The summed E-state index contributed by atoms with van der Waals surface area (Å²) in [5.41, 5.74) is 1.83. The molecular formula is C18H23N5O2. The van der Waals surface area contributed by atoms with Crippen LogP contribution in [0.4, 0.5) is 5.82 Å². The number of carbonyl (C=O) groups is 1. The molecule has 0 radical (unpaired) electrons. The molecule has 2 N–H and O–H groups in total. The van der Waals surface area contributed by atoms with Crippen molar-refractivity contribution in [3.63, 3.8) is 0 Å². The molecule has 7 heteroatoms. The molecule has 1 fully saturated rings. The number of ether oxygens (including phenoxy) is 1. The lowest BCUT2D eigenvalue weighted by Gasteiger charge is -2.33. The highest BCUT2D eigenvalue weighted by Crippen LogP contribution is 2.14. The van der Waals surface area contributed by atoms with Gasteiger partial charge in [-0.25, -0.2) is 9.97 Å². The predicted octanol–water partition coefficient (Wildman–Crippen LogP) is 1.42. The largest absolute Gasteiger partial charge is 0.379 e. The van der Waals surface area contributed by atoms with Gasteiger partial charge in [0.1, 0.15) is 11.6 Å². The van der Waals surface area contributed by atoms with E-state index in [0.29, 0.717) is 25.5 Å². The molecular weight excluding hydrogens is 318 g/mol. The van der Waals surface area contributed by atoms with Gasteiger partial charge in [0.2, 0.25) is 5.91 Å². The standard InChI is InChI=1S/C18H23N5O2/c1-12-14(4-3-7-19-12)10-18(24)23-15-6-9-25-11-16(15)22-17-5-8-20-13(2)21-17/h3-5,7-8,15-16H,6,9-11H2,1-2H3,(H,23,24)(H,20,21,22)/t15-,16+/m0/s1. The minimum absolute atomic E-state index is 0.00586. The van der Waals surface area contributed by atoms with E-state index in [1.54, 1.807) is 12.4 Å². The van der Waals surface area contributed by atoms with Crippen LogP contribution in [0.3, 0.4) is 0 Å². The van der Waals surface area contributed by atoms with Crippen LogP contribution >= 0.6 is 0 Å². The van der Waals surface area contributed by atoms with Crippen LogP contribution in [0.1, 0.15) is 23.5 Å². The molecule has 0 spiro atoms. The molecule has 2 aromatic rings.